The van der Waals surface area contributed by atoms with Crippen LogP contribution >= 0.6 is 0 Å². The van der Waals surface area contributed by atoms with Crippen molar-refractivity contribution in [3.05, 3.63) is 59.7 Å². The molecule has 160 valence electrons. The summed E-state index contributed by atoms with van der Waals surface area (Å²) in [6.45, 7) is -0.550. The van der Waals surface area contributed by atoms with Crippen LogP contribution in [0.2, 0.25) is 0 Å². The van der Waals surface area contributed by atoms with Gasteiger partial charge in [-0.05, 0) is 48.5 Å². The third-order valence-electron chi connectivity index (χ3n) is 3.64. The number of nitrogens with zero attached hydrogens (tertiary/aromatic N) is 3. The van der Waals surface area contributed by atoms with E-state index in [4.69, 9.17) is 9.29 Å². The molecule has 0 fully saturated rings. The van der Waals surface area contributed by atoms with E-state index in [1.807, 2.05) is 0 Å². The highest BCUT2D eigenvalue weighted by Gasteiger charge is 2.10. The van der Waals surface area contributed by atoms with Gasteiger partial charge in [-0.2, -0.15) is 8.42 Å². The van der Waals surface area contributed by atoms with Gasteiger partial charge in [-0.3, -0.25) is 19.2 Å². The van der Waals surface area contributed by atoms with E-state index >= 15 is 0 Å². The Labute approximate surface area is 174 Å². The van der Waals surface area contributed by atoms with Crippen LogP contribution in [0, 0.1) is 0 Å². The fourth-order valence-corrected chi connectivity index (χ4v) is 2.57. The average molecular weight is 434 g/mol. The molecule has 0 aliphatic rings. The van der Waals surface area contributed by atoms with E-state index in [1.54, 1.807) is 67.6 Å². The van der Waals surface area contributed by atoms with Crippen LogP contribution in [-0.2, 0) is 14.9 Å². The van der Waals surface area contributed by atoms with E-state index in [0.29, 0.717) is 22.6 Å². The van der Waals surface area contributed by atoms with Gasteiger partial charge in [-0.25, -0.2) is 0 Å². The lowest BCUT2D eigenvalue weighted by atomic mass is 10.0. The summed E-state index contributed by atoms with van der Waals surface area (Å²) < 4.78 is 35.1. The molecule has 10 nitrogen and oxygen atoms in total. The van der Waals surface area contributed by atoms with Gasteiger partial charge in [-0.15, -0.1) is 5.11 Å². The number of benzene rings is 2. The maximum absolute atomic E-state index is 12.6. The van der Waals surface area contributed by atoms with Crippen molar-refractivity contribution >= 4 is 27.5 Å². The van der Waals surface area contributed by atoms with Crippen LogP contribution in [0.3, 0.4) is 0 Å². The van der Waals surface area contributed by atoms with Crippen LogP contribution in [0.4, 0.5) is 5.69 Å². The molecule has 0 aliphatic heterocycles. The van der Waals surface area contributed by atoms with Crippen LogP contribution in [0.25, 0.3) is 0 Å². The summed E-state index contributed by atoms with van der Waals surface area (Å²) in [6, 6.07) is 13.0. The number of ketones is 1. The smallest absolute Gasteiger partial charge is 0.266 e. The Balaban J connectivity index is 1.89. The number of nitrogens with one attached hydrogen (secondary N) is 1. The summed E-state index contributed by atoms with van der Waals surface area (Å²) in [6.07, 6.45) is 0. The summed E-state index contributed by atoms with van der Waals surface area (Å²) in [4.78, 5) is 24.2. The Morgan fingerprint density at radius 1 is 1.03 bits per heavy atom. The van der Waals surface area contributed by atoms with Crippen LogP contribution in [0.1, 0.15) is 15.9 Å². The predicted octanol–water partition coefficient (Wildman–Crippen LogP) is 1.86. The molecule has 0 spiro atoms. The first kappa shape index (κ1) is 23.0. The number of rotatable bonds is 10. The van der Waals surface area contributed by atoms with Crippen molar-refractivity contribution in [1.29, 1.82) is 0 Å². The highest BCUT2D eigenvalue weighted by atomic mass is 32.2. The summed E-state index contributed by atoms with van der Waals surface area (Å²) in [7, 11) is -0.621. The maximum Gasteiger partial charge on any atom is 0.266 e. The second kappa shape index (κ2) is 10.5. The van der Waals surface area contributed by atoms with Crippen molar-refractivity contribution in [3.63, 3.8) is 0 Å². The van der Waals surface area contributed by atoms with Crippen molar-refractivity contribution in [1.82, 2.24) is 10.3 Å². The highest BCUT2D eigenvalue weighted by molar-refractivity contribution is 7.85. The predicted molar refractivity (Wildman–Crippen MR) is 109 cm³/mol. The van der Waals surface area contributed by atoms with Gasteiger partial charge in [-0.1, -0.05) is 5.22 Å². The minimum atomic E-state index is -4.13. The molecule has 11 heteroatoms. The third kappa shape index (κ3) is 7.97. The van der Waals surface area contributed by atoms with Crippen LogP contribution in [-0.4, -0.2) is 62.7 Å². The molecular weight excluding hydrogens is 412 g/mol. The molecule has 0 saturated heterocycles. The lowest BCUT2D eigenvalue weighted by Gasteiger charge is -2.08. The zero-order chi connectivity index (χ0) is 22.1. The third-order valence-corrected chi connectivity index (χ3v) is 4.36. The largest absolute Gasteiger partial charge is 0.484 e. The van der Waals surface area contributed by atoms with Gasteiger partial charge in [0.15, 0.2) is 12.4 Å². The van der Waals surface area contributed by atoms with Crippen molar-refractivity contribution in [3.8, 4) is 5.75 Å². The minimum Gasteiger partial charge on any atom is -0.484 e. The molecule has 1 amide bonds. The van der Waals surface area contributed by atoms with Gasteiger partial charge in [0.05, 0.1) is 11.4 Å². The topological polar surface area (TPSA) is 138 Å². The van der Waals surface area contributed by atoms with Gasteiger partial charge < -0.3 is 10.1 Å². The van der Waals surface area contributed by atoms with E-state index < -0.39 is 21.8 Å². The quantitative estimate of drug-likeness (QED) is 0.252. The molecule has 2 aromatic rings. The van der Waals surface area contributed by atoms with Crippen molar-refractivity contribution in [2.75, 3.05) is 33.0 Å². The molecule has 2 aromatic carbocycles. The van der Waals surface area contributed by atoms with Gasteiger partial charge in [0.1, 0.15) is 5.75 Å². The van der Waals surface area contributed by atoms with E-state index in [9.17, 15) is 18.0 Å². The maximum atomic E-state index is 12.6. The lowest BCUT2D eigenvalue weighted by molar-refractivity contribution is -0.122. The molecule has 0 saturated carbocycles. The zero-order valence-corrected chi connectivity index (χ0v) is 17.3. The Morgan fingerprint density at radius 3 is 2.13 bits per heavy atom. The molecule has 2 rings (SSSR count). The minimum absolute atomic E-state index is 0.180. The van der Waals surface area contributed by atoms with Gasteiger partial charge in [0.25, 0.3) is 16.0 Å². The Hall–Kier alpha value is -3.31. The first-order chi connectivity index (χ1) is 14.1. The van der Waals surface area contributed by atoms with Crippen molar-refractivity contribution in [2.45, 2.75) is 0 Å². The zero-order valence-electron chi connectivity index (χ0n) is 16.5. The summed E-state index contributed by atoms with van der Waals surface area (Å²) in [5.41, 5.74) is 1.56. The number of amides is 1. The average Bonchev–Trinajstić information content (AvgIpc) is 2.70. The molecule has 0 unspecified atom stereocenters. The molecule has 0 heterocycles. The Morgan fingerprint density at radius 2 is 1.60 bits per heavy atom. The fraction of sp³-hybridized carbons (Fsp3) is 0.263. The van der Waals surface area contributed by atoms with E-state index in [-0.39, 0.29) is 18.9 Å². The van der Waals surface area contributed by atoms with Crippen molar-refractivity contribution < 1.29 is 27.3 Å². The monoisotopic (exact) mass is 434 g/mol. The Bertz CT molecular complexity index is 1000. The number of ether oxygens (including phenoxy) is 1. The molecule has 0 bridgehead atoms. The second-order valence-corrected chi connectivity index (χ2v) is 7.93. The summed E-state index contributed by atoms with van der Waals surface area (Å²) in [5.74, 6) is -0.920. The summed E-state index contributed by atoms with van der Waals surface area (Å²) in [5, 5.41) is 11.8. The molecule has 0 aliphatic carbocycles. The lowest BCUT2D eigenvalue weighted by Crippen LogP contribution is -2.32. The number of hydrogen-bond donors (Lipinski definition) is 2. The molecule has 0 atom stereocenters. The van der Waals surface area contributed by atoms with Crippen LogP contribution in [0.15, 0.2) is 58.9 Å². The number of hydrogen-bond acceptors (Lipinski definition) is 7. The fourth-order valence-electron chi connectivity index (χ4n) is 2.21. The molecule has 30 heavy (non-hydrogen) atoms. The highest BCUT2D eigenvalue weighted by Crippen LogP contribution is 2.18. The Kier molecular flexibility index (Phi) is 8.01. The molecule has 0 aromatic heterocycles. The van der Waals surface area contributed by atoms with E-state index in [2.05, 4.69) is 15.7 Å². The molecular formula is C19H22N4O6S. The first-order valence-corrected chi connectivity index (χ1v) is 10.4. The molecule has 0 radical (unpaired) electrons. The number of carbonyl (C=O) groups excluding carboxylic acids is 2. The number of carbonyl (C=O) groups is 2. The summed E-state index contributed by atoms with van der Waals surface area (Å²) >= 11 is 0. The van der Waals surface area contributed by atoms with Crippen LogP contribution < -0.4 is 10.1 Å². The normalized spacial score (nSPS) is 11.3. The van der Waals surface area contributed by atoms with E-state index in [0.717, 1.165) is 0 Å². The van der Waals surface area contributed by atoms with E-state index in [1.165, 1.54) is 0 Å². The second-order valence-electron chi connectivity index (χ2n) is 6.36. The van der Waals surface area contributed by atoms with Gasteiger partial charge >= 0.3 is 0 Å². The molecule has 2 N–H and O–H groups in total. The van der Waals surface area contributed by atoms with Crippen molar-refractivity contribution in [2.24, 2.45) is 10.3 Å². The van der Waals surface area contributed by atoms with Gasteiger partial charge in [0.2, 0.25) is 0 Å². The first-order valence-electron chi connectivity index (χ1n) is 8.82. The van der Waals surface area contributed by atoms with Gasteiger partial charge in [0, 0.05) is 31.8 Å². The standard InChI is InChI=1S/C19H22N4O6S/c1-23(2)22-21-16-7-3-14(4-8-16)19(25)15-5-9-17(10-6-15)29-13-18(24)20-11-12-30(26,27)28/h3-10H,11-13H2,1-2H3,(H,20,24)(H,26,27,28). The SMILES string of the molecule is CN(C)N=Nc1ccc(C(=O)c2ccc(OCC(=O)NCCS(=O)(=O)O)cc2)cc1. The van der Waals surface area contributed by atoms with Crippen LogP contribution in [0.5, 0.6) is 5.75 Å².